The van der Waals surface area contributed by atoms with Crippen molar-refractivity contribution in [3.05, 3.63) is 47.2 Å². The van der Waals surface area contributed by atoms with E-state index in [0.717, 1.165) is 5.56 Å². The van der Waals surface area contributed by atoms with Gasteiger partial charge in [-0.2, -0.15) is 13.9 Å². The van der Waals surface area contributed by atoms with Crippen LogP contribution in [0, 0.1) is 4.77 Å². The molecule has 0 aliphatic rings. The molecule has 8 nitrogen and oxygen atoms in total. The molecule has 0 radical (unpaired) electrons. The summed E-state index contributed by atoms with van der Waals surface area (Å²) in [4.78, 5) is 12.5. The number of H-pyrrole nitrogens is 1. The second kappa shape index (κ2) is 9.35. The van der Waals surface area contributed by atoms with Crippen molar-refractivity contribution in [1.29, 1.82) is 0 Å². The third-order valence-electron chi connectivity index (χ3n) is 4.07. The van der Waals surface area contributed by atoms with Crippen molar-refractivity contribution in [3.63, 3.8) is 0 Å². The molecule has 0 aliphatic heterocycles. The lowest BCUT2D eigenvalue weighted by Crippen LogP contribution is -2.19. The van der Waals surface area contributed by atoms with E-state index >= 15 is 0 Å². The van der Waals surface area contributed by atoms with Gasteiger partial charge in [-0.15, -0.1) is 0 Å². The van der Waals surface area contributed by atoms with Gasteiger partial charge in [-0.05, 0) is 48.6 Å². The summed E-state index contributed by atoms with van der Waals surface area (Å²) in [5.74, 6) is 0.638. The number of amides is 1. The van der Waals surface area contributed by atoms with Crippen LogP contribution in [0.1, 0.15) is 0 Å². The largest absolute Gasteiger partial charge is 0.497 e. The van der Waals surface area contributed by atoms with Gasteiger partial charge in [0.1, 0.15) is 12.3 Å². The molecule has 0 bridgehead atoms. The van der Waals surface area contributed by atoms with Crippen LogP contribution >= 0.6 is 12.2 Å². The van der Waals surface area contributed by atoms with Crippen molar-refractivity contribution in [1.82, 2.24) is 14.8 Å². The molecule has 0 saturated carbocycles. The van der Waals surface area contributed by atoms with Gasteiger partial charge in [-0.1, -0.05) is 0 Å². The summed E-state index contributed by atoms with van der Waals surface area (Å²) in [6.07, 6.45) is 0. The summed E-state index contributed by atoms with van der Waals surface area (Å²) in [5.41, 5.74) is 0.991. The maximum absolute atomic E-state index is 12.6. The minimum absolute atomic E-state index is 0.118. The van der Waals surface area contributed by atoms with E-state index in [1.54, 1.807) is 31.4 Å². The minimum atomic E-state index is -3.03. The molecule has 1 heterocycles. The molecule has 3 rings (SSSR count). The van der Waals surface area contributed by atoms with Crippen LogP contribution in [0.25, 0.3) is 11.4 Å². The highest BCUT2D eigenvalue weighted by atomic mass is 32.1. The second-order valence-electron chi connectivity index (χ2n) is 5.96. The zero-order chi connectivity index (χ0) is 21.7. The van der Waals surface area contributed by atoms with E-state index in [1.165, 1.54) is 29.9 Å². The number of benzene rings is 2. The number of nitrogens with one attached hydrogen (secondary N) is 2. The zero-order valence-electron chi connectivity index (χ0n) is 16.0. The number of ether oxygens (including phenoxy) is 3. The van der Waals surface area contributed by atoms with Gasteiger partial charge in [0.05, 0.1) is 14.2 Å². The van der Waals surface area contributed by atoms with E-state index in [1.807, 2.05) is 0 Å². The first-order valence-corrected chi connectivity index (χ1v) is 9.04. The summed E-state index contributed by atoms with van der Waals surface area (Å²) >= 11 is 5.23. The zero-order valence-corrected chi connectivity index (χ0v) is 16.8. The van der Waals surface area contributed by atoms with Crippen molar-refractivity contribution in [2.24, 2.45) is 0 Å². The molecule has 0 unspecified atom stereocenters. The SMILES string of the molecule is COc1ccc(-c2n[nH]c(=S)n2CC(=O)Nc2ccc(OC)c(OC(F)F)c2)cc1. The Labute approximate surface area is 175 Å². The molecule has 1 amide bonds. The maximum atomic E-state index is 12.6. The van der Waals surface area contributed by atoms with Gasteiger partial charge in [0.25, 0.3) is 0 Å². The summed E-state index contributed by atoms with van der Waals surface area (Å²) in [7, 11) is 2.89. The Hall–Kier alpha value is -3.47. The monoisotopic (exact) mass is 436 g/mol. The molecule has 0 atom stereocenters. The summed E-state index contributed by atoms with van der Waals surface area (Å²) in [5, 5.41) is 9.46. The Balaban J connectivity index is 1.78. The standard InChI is InChI=1S/C19H18F2N4O4S/c1-27-13-6-3-11(4-7-13)17-23-24-19(30)25(17)10-16(26)22-12-5-8-14(28-2)15(9-12)29-18(20)21/h3-9,18H,10H2,1-2H3,(H,22,26)(H,24,30). The Kier molecular flexibility index (Phi) is 6.62. The third-order valence-corrected chi connectivity index (χ3v) is 4.38. The smallest absolute Gasteiger partial charge is 0.387 e. The average molecular weight is 436 g/mol. The molecule has 2 N–H and O–H groups in total. The molecule has 0 fully saturated rings. The fraction of sp³-hybridized carbons (Fsp3) is 0.211. The van der Waals surface area contributed by atoms with Crippen LogP contribution in [0.3, 0.4) is 0 Å². The van der Waals surface area contributed by atoms with Crippen molar-refractivity contribution < 1.29 is 27.8 Å². The Bertz CT molecular complexity index is 1080. The van der Waals surface area contributed by atoms with Gasteiger partial charge in [0.15, 0.2) is 22.1 Å². The highest BCUT2D eigenvalue weighted by Crippen LogP contribution is 2.31. The highest BCUT2D eigenvalue weighted by Gasteiger charge is 2.15. The minimum Gasteiger partial charge on any atom is -0.497 e. The van der Waals surface area contributed by atoms with Crippen LogP contribution in [0.15, 0.2) is 42.5 Å². The highest BCUT2D eigenvalue weighted by molar-refractivity contribution is 7.71. The van der Waals surface area contributed by atoms with Gasteiger partial charge >= 0.3 is 6.61 Å². The average Bonchev–Trinajstić information content (AvgIpc) is 3.08. The van der Waals surface area contributed by atoms with Crippen LogP contribution < -0.4 is 19.5 Å². The molecule has 0 saturated heterocycles. The molecular formula is C19H18F2N4O4S. The Morgan fingerprint density at radius 1 is 1.17 bits per heavy atom. The predicted octanol–water partition coefficient (Wildman–Crippen LogP) is 3.86. The fourth-order valence-corrected chi connectivity index (χ4v) is 2.91. The number of aromatic nitrogens is 3. The number of nitrogens with zero attached hydrogens (tertiary/aromatic N) is 2. The Morgan fingerprint density at radius 2 is 1.90 bits per heavy atom. The van der Waals surface area contributed by atoms with E-state index in [4.69, 9.17) is 21.7 Å². The lowest BCUT2D eigenvalue weighted by molar-refractivity contribution is -0.116. The van der Waals surface area contributed by atoms with Gasteiger partial charge < -0.3 is 19.5 Å². The van der Waals surface area contributed by atoms with Gasteiger partial charge in [0, 0.05) is 17.3 Å². The van der Waals surface area contributed by atoms with E-state index < -0.39 is 12.5 Å². The topological polar surface area (TPSA) is 90.4 Å². The third kappa shape index (κ3) is 4.92. The van der Waals surface area contributed by atoms with Gasteiger partial charge in [-0.3, -0.25) is 14.5 Å². The van der Waals surface area contributed by atoms with Crippen LogP contribution in [-0.4, -0.2) is 41.5 Å². The first-order chi connectivity index (χ1) is 14.4. The normalized spacial score (nSPS) is 10.7. The molecule has 0 spiro atoms. The van der Waals surface area contributed by atoms with Crippen molar-refractivity contribution in [3.8, 4) is 28.6 Å². The number of anilines is 1. The van der Waals surface area contributed by atoms with Crippen molar-refractivity contribution in [2.45, 2.75) is 13.2 Å². The molecule has 11 heteroatoms. The van der Waals surface area contributed by atoms with Crippen LogP contribution in [0.5, 0.6) is 17.2 Å². The number of carbonyl (C=O) groups is 1. The molecule has 2 aromatic carbocycles. The predicted molar refractivity (Wildman–Crippen MR) is 108 cm³/mol. The lowest BCUT2D eigenvalue weighted by Gasteiger charge is -2.13. The molecule has 158 valence electrons. The van der Waals surface area contributed by atoms with Crippen LogP contribution in [0.2, 0.25) is 0 Å². The van der Waals surface area contributed by atoms with Gasteiger partial charge in [0.2, 0.25) is 5.91 Å². The van der Waals surface area contributed by atoms with E-state index in [-0.39, 0.29) is 28.5 Å². The number of rotatable bonds is 8. The number of halogens is 2. The maximum Gasteiger partial charge on any atom is 0.387 e. The van der Waals surface area contributed by atoms with E-state index in [0.29, 0.717) is 11.6 Å². The number of methoxy groups -OCH3 is 2. The second-order valence-corrected chi connectivity index (χ2v) is 6.35. The lowest BCUT2D eigenvalue weighted by atomic mass is 10.2. The summed E-state index contributed by atoms with van der Waals surface area (Å²) in [6, 6.07) is 11.3. The quantitative estimate of drug-likeness (QED) is 0.521. The summed E-state index contributed by atoms with van der Waals surface area (Å²) in [6.45, 7) is -3.17. The first-order valence-electron chi connectivity index (χ1n) is 8.63. The molecule has 1 aromatic heterocycles. The number of hydrogen-bond donors (Lipinski definition) is 2. The fourth-order valence-electron chi connectivity index (χ4n) is 2.71. The van der Waals surface area contributed by atoms with E-state index in [9.17, 15) is 13.6 Å². The Morgan fingerprint density at radius 3 is 2.53 bits per heavy atom. The summed E-state index contributed by atoms with van der Waals surface area (Å²) < 4.78 is 41.5. The number of alkyl halides is 2. The number of hydrogen-bond acceptors (Lipinski definition) is 6. The van der Waals surface area contributed by atoms with Crippen LogP contribution in [-0.2, 0) is 11.3 Å². The van der Waals surface area contributed by atoms with Crippen molar-refractivity contribution >= 4 is 23.8 Å². The van der Waals surface area contributed by atoms with Crippen LogP contribution in [0.4, 0.5) is 14.5 Å². The molecule has 3 aromatic rings. The molecule has 30 heavy (non-hydrogen) atoms. The van der Waals surface area contributed by atoms with Gasteiger partial charge in [-0.25, -0.2) is 0 Å². The number of aromatic amines is 1. The molecular weight excluding hydrogens is 418 g/mol. The van der Waals surface area contributed by atoms with E-state index in [2.05, 4.69) is 20.3 Å². The first kappa shape index (κ1) is 21.2. The van der Waals surface area contributed by atoms with Crippen molar-refractivity contribution in [2.75, 3.05) is 19.5 Å². The number of carbonyl (C=O) groups excluding carboxylic acids is 1. The molecule has 0 aliphatic carbocycles.